The molecule has 26 heavy (non-hydrogen) atoms. The van der Waals surface area contributed by atoms with Crippen LogP contribution in [0, 0.1) is 5.82 Å². The first kappa shape index (κ1) is 17.6. The minimum atomic E-state index is -0.915. The van der Waals surface area contributed by atoms with E-state index < -0.39 is 12.3 Å². The van der Waals surface area contributed by atoms with Crippen LogP contribution in [0.2, 0.25) is 0 Å². The first-order valence-electron chi connectivity index (χ1n) is 7.84. The van der Waals surface area contributed by atoms with Gasteiger partial charge in [0.2, 0.25) is 0 Å². The number of hydrogen-bond donors (Lipinski definition) is 2. The Bertz CT molecular complexity index is 922. The van der Waals surface area contributed by atoms with Crippen LogP contribution in [0.3, 0.4) is 0 Å². The molecule has 2 heterocycles. The lowest BCUT2D eigenvalue weighted by Crippen LogP contribution is -2.14. The van der Waals surface area contributed by atoms with Crippen molar-refractivity contribution in [2.24, 2.45) is 5.73 Å². The summed E-state index contributed by atoms with van der Waals surface area (Å²) in [7, 11) is 0. The molecular weight excluding hydrogens is 339 g/mol. The van der Waals surface area contributed by atoms with Gasteiger partial charge in [-0.05, 0) is 30.7 Å². The minimum Gasteiger partial charge on any atom is -0.445 e. The molecule has 2 aromatic heterocycles. The number of pyridine rings is 1. The molecule has 0 spiro atoms. The van der Waals surface area contributed by atoms with Crippen LogP contribution in [-0.2, 0) is 11.3 Å². The second kappa shape index (κ2) is 7.32. The summed E-state index contributed by atoms with van der Waals surface area (Å²) in [5.74, 6) is 0.0864. The van der Waals surface area contributed by atoms with Crippen LogP contribution >= 0.6 is 0 Å². The molecule has 1 unspecified atom stereocenters. The van der Waals surface area contributed by atoms with Crippen LogP contribution in [0.4, 0.5) is 9.18 Å². The van der Waals surface area contributed by atoms with E-state index in [1.54, 1.807) is 37.5 Å². The number of carbonyl (C=O) groups excluding carboxylic acids is 1. The molecule has 0 saturated heterocycles. The third-order valence-corrected chi connectivity index (χ3v) is 3.80. The predicted molar refractivity (Wildman–Crippen MR) is 92.2 cm³/mol. The number of carbonyl (C=O) groups is 1. The van der Waals surface area contributed by atoms with Gasteiger partial charge in [-0.25, -0.2) is 14.2 Å². The number of imidazole rings is 1. The van der Waals surface area contributed by atoms with Gasteiger partial charge in [-0.2, -0.15) is 0 Å². The number of halogens is 1. The summed E-state index contributed by atoms with van der Waals surface area (Å²) >= 11 is 0. The summed E-state index contributed by atoms with van der Waals surface area (Å²) in [6.07, 6.45) is 3.04. The first-order chi connectivity index (χ1) is 12.5. The van der Waals surface area contributed by atoms with Crippen molar-refractivity contribution in [3.05, 3.63) is 60.3 Å². The molecule has 1 amide bonds. The molecule has 1 aromatic carbocycles. The van der Waals surface area contributed by atoms with Crippen molar-refractivity contribution in [2.75, 3.05) is 0 Å². The van der Waals surface area contributed by atoms with Gasteiger partial charge in [0.05, 0.1) is 0 Å². The second-order valence-electron chi connectivity index (χ2n) is 5.64. The van der Waals surface area contributed by atoms with Gasteiger partial charge in [-0.1, -0.05) is 12.1 Å². The zero-order valence-corrected chi connectivity index (χ0v) is 14.0. The Morgan fingerprint density at radius 1 is 1.31 bits per heavy atom. The van der Waals surface area contributed by atoms with E-state index in [1.165, 1.54) is 22.9 Å². The van der Waals surface area contributed by atoms with E-state index >= 15 is 0 Å². The fourth-order valence-electron chi connectivity index (χ4n) is 2.57. The average Bonchev–Trinajstić information content (AvgIpc) is 3.10. The SMILES string of the molecule is CC(O)n1ccnc1-c1ncc(-c2ccc(F)cc2)cc1COC(N)=O. The largest absolute Gasteiger partial charge is 0.445 e. The molecule has 0 aliphatic rings. The van der Waals surface area contributed by atoms with E-state index in [0.29, 0.717) is 22.6 Å². The molecule has 0 aliphatic carbocycles. The highest BCUT2D eigenvalue weighted by Gasteiger charge is 2.17. The number of primary amides is 1. The summed E-state index contributed by atoms with van der Waals surface area (Å²) in [5, 5.41) is 9.88. The number of nitrogens with two attached hydrogens (primary N) is 1. The molecule has 0 aliphatic heterocycles. The lowest BCUT2D eigenvalue weighted by Gasteiger charge is -2.14. The Morgan fingerprint density at radius 3 is 2.69 bits per heavy atom. The van der Waals surface area contributed by atoms with Crippen LogP contribution in [-0.4, -0.2) is 25.7 Å². The molecule has 3 rings (SSSR count). The maximum atomic E-state index is 13.1. The van der Waals surface area contributed by atoms with Crippen molar-refractivity contribution < 1.29 is 19.0 Å². The number of rotatable bonds is 5. The van der Waals surface area contributed by atoms with Crippen LogP contribution in [0.5, 0.6) is 0 Å². The summed E-state index contributed by atoms with van der Waals surface area (Å²) in [6.45, 7) is 1.48. The summed E-state index contributed by atoms with van der Waals surface area (Å²) in [4.78, 5) is 19.7. The molecule has 0 radical (unpaired) electrons. The van der Waals surface area contributed by atoms with Crippen LogP contribution in [0.15, 0.2) is 48.9 Å². The van der Waals surface area contributed by atoms with Gasteiger partial charge in [0, 0.05) is 29.7 Å². The van der Waals surface area contributed by atoms with Crippen molar-refractivity contribution in [1.82, 2.24) is 14.5 Å². The minimum absolute atomic E-state index is 0.112. The molecule has 7 nitrogen and oxygen atoms in total. The van der Waals surface area contributed by atoms with E-state index in [2.05, 4.69) is 9.97 Å². The van der Waals surface area contributed by atoms with E-state index in [-0.39, 0.29) is 12.4 Å². The standard InChI is InChI=1S/C18H17FN4O3/c1-11(24)23-7-6-21-17(23)16-14(10-26-18(20)25)8-13(9-22-16)12-2-4-15(19)5-3-12/h2-9,11,24H,10H2,1H3,(H2,20,25). The fraction of sp³-hybridized carbons (Fsp3) is 0.167. The van der Waals surface area contributed by atoms with E-state index in [0.717, 1.165) is 5.56 Å². The maximum absolute atomic E-state index is 13.1. The van der Waals surface area contributed by atoms with Gasteiger partial charge >= 0.3 is 6.09 Å². The molecule has 0 bridgehead atoms. The number of benzene rings is 1. The van der Waals surface area contributed by atoms with E-state index in [4.69, 9.17) is 10.5 Å². The smallest absolute Gasteiger partial charge is 0.404 e. The quantitative estimate of drug-likeness (QED) is 0.732. The molecule has 134 valence electrons. The zero-order valence-electron chi connectivity index (χ0n) is 14.0. The van der Waals surface area contributed by atoms with Crippen LogP contribution in [0.25, 0.3) is 22.6 Å². The Labute approximate surface area is 148 Å². The van der Waals surface area contributed by atoms with Crippen molar-refractivity contribution in [1.29, 1.82) is 0 Å². The molecular formula is C18H17FN4O3. The Morgan fingerprint density at radius 2 is 2.04 bits per heavy atom. The fourth-order valence-corrected chi connectivity index (χ4v) is 2.57. The molecule has 0 saturated carbocycles. The highest BCUT2D eigenvalue weighted by Crippen LogP contribution is 2.28. The maximum Gasteiger partial charge on any atom is 0.404 e. The Balaban J connectivity index is 2.07. The normalized spacial score (nSPS) is 12.0. The van der Waals surface area contributed by atoms with Crippen molar-refractivity contribution >= 4 is 6.09 Å². The van der Waals surface area contributed by atoms with Crippen molar-refractivity contribution in [3.8, 4) is 22.6 Å². The van der Waals surface area contributed by atoms with Gasteiger partial charge in [-0.15, -0.1) is 0 Å². The number of nitrogens with zero attached hydrogens (tertiary/aromatic N) is 3. The molecule has 8 heteroatoms. The lowest BCUT2D eigenvalue weighted by atomic mass is 10.0. The highest BCUT2D eigenvalue weighted by molar-refractivity contribution is 5.68. The Kier molecular flexibility index (Phi) is 4.94. The number of ether oxygens (including phenoxy) is 1. The van der Waals surface area contributed by atoms with Gasteiger partial charge in [0.15, 0.2) is 5.82 Å². The number of aromatic nitrogens is 3. The van der Waals surface area contributed by atoms with Crippen molar-refractivity contribution in [3.63, 3.8) is 0 Å². The molecule has 0 fully saturated rings. The van der Waals surface area contributed by atoms with Gasteiger partial charge in [-0.3, -0.25) is 4.98 Å². The Hall–Kier alpha value is -3.26. The van der Waals surface area contributed by atoms with E-state index in [1.807, 2.05) is 0 Å². The molecule has 1 atom stereocenters. The lowest BCUT2D eigenvalue weighted by molar-refractivity contribution is 0.126. The van der Waals surface area contributed by atoms with Gasteiger partial charge < -0.3 is 20.1 Å². The number of hydrogen-bond acceptors (Lipinski definition) is 5. The number of aliphatic hydroxyl groups excluding tert-OH is 1. The van der Waals surface area contributed by atoms with Crippen LogP contribution < -0.4 is 5.73 Å². The number of aliphatic hydroxyl groups is 1. The molecule has 3 aromatic rings. The topological polar surface area (TPSA) is 103 Å². The average molecular weight is 356 g/mol. The summed E-state index contributed by atoms with van der Waals surface area (Å²) in [6, 6.07) is 7.72. The van der Waals surface area contributed by atoms with Gasteiger partial charge in [0.25, 0.3) is 0 Å². The van der Waals surface area contributed by atoms with E-state index in [9.17, 15) is 14.3 Å². The van der Waals surface area contributed by atoms with Gasteiger partial charge in [0.1, 0.15) is 24.3 Å². The zero-order chi connectivity index (χ0) is 18.7. The first-order valence-corrected chi connectivity index (χ1v) is 7.84. The third-order valence-electron chi connectivity index (χ3n) is 3.80. The predicted octanol–water partition coefficient (Wildman–Crippen LogP) is 2.86. The monoisotopic (exact) mass is 356 g/mol. The molecule has 3 N–H and O–H groups in total. The van der Waals surface area contributed by atoms with Crippen LogP contribution in [0.1, 0.15) is 18.7 Å². The second-order valence-corrected chi connectivity index (χ2v) is 5.64. The summed E-state index contributed by atoms with van der Waals surface area (Å²) < 4.78 is 19.6. The number of amides is 1. The summed E-state index contributed by atoms with van der Waals surface area (Å²) in [5.41, 5.74) is 7.54. The third kappa shape index (κ3) is 3.70. The highest BCUT2D eigenvalue weighted by atomic mass is 19.1. The van der Waals surface area contributed by atoms with Crippen molar-refractivity contribution in [2.45, 2.75) is 19.8 Å².